The van der Waals surface area contributed by atoms with Crippen LogP contribution in [0.15, 0.2) is 30.6 Å². The number of benzene rings is 1. The van der Waals surface area contributed by atoms with E-state index in [4.69, 9.17) is 20.9 Å². The zero-order valence-corrected chi connectivity index (χ0v) is 21.7. The van der Waals surface area contributed by atoms with Gasteiger partial charge in [0.15, 0.2) is 11.0 Å². The summed E-state index contributed by atoms with van der Waals surface area (Å²) in [7, 11) is 0. The summed E-state index contributed by atoms with van der Waals surface area (Å²) >= 11 is -0.258. The molecule has 9 heteroatoms. The number of nitriles is 1. The Labute approximate surface area is 203 Å². The Balaban J connectivity index is 2.01. The number of nitrogens with zero attached hydrogens (tertiary/aromatic N) is 4. The highest BCUT2D eigenvalue weighted by atomic mass is 32.2. The minimum absolute atomic E-state index is 0.127. The van der Waals surface area contributed by atoms with Gasteiger partial charge in [-0.1, -0.05) is 20.8 Å². The van der Waals surface area contributed by atoms with Gasteiger partial charge in [0, 0.05) is 28.8 Å². The minimum Gasteiger partial charge on any atom is -0.398 e. The second kappa shape index (κ2) is 9.28. The van der Waals surface area contributed by atoms with E-state index in [2.05, 4.69) is 43.9 Å². The number of rotatable bonds is 7. The number of nitrogen functional groups attached to an aromatic ring is 2. The fourth-order valence-corrected chi connectivity index (χ4v) is 5.20. The zero-order chi connectivity index (χ0) is 25.4. The van der Waals surface area contributed by atoms with Crippen LogP contribution in [0, 0.1) is 16.7 Å². The number of fused-ring (bicyclic) bond motifs is 1. The Bertz CT molecular complexity index is 1270. The Morgan fingerprint density at radius 2 is 1.94 bits per heavy atom. The van der Waals surface area contributed by atoms with Crippen molar-refractivity contribution in [2.75, 3.05) is 24.3 Å². The summed E-state index contributed by atoms with van der Waals surface area (Å²) < 4.78 is 8.25. The molecule has 0 radical (unpaired) electrons. The fraction of sp³-hybridized carbons (Fsp3) is 0.440. The van der Waals surface area contributed by atoms with Crippen molar-refractivity contribution >= 4 is 39.6 Å². The lowest BCUT2D eigenvalue weighted by Crippen LogP contribution is -2.37. The Morgan fingerprint density at radius 1 is 1.26 bits per heavy atom. The molecule has 34 heavy (non-hydrogen) atoms. The highest BCUT2D eigenvalue weighted by molar-refractivity contribution is 7.92. The van der Waals surface area contributed by atoms with Crippen LogP contribution in [0.25, 0.3) is 11.0 Å². The van der Waals surface area contributed by atoms with Crippen molar-refractivity contribution in [1.82, 2.24) is 14.5 Å². The Kier molecular flexibility index (Phi) is 6.97. The maximum absolute atomic E-state index is 13.4. The van der Waals surface area contributed by atoms with E-state index >= 15 is 0 Å². The van der Waals surface area contributed by atoms with Crippen LogP contribution < -0.4 is 11.5 Å². The third-order valence-electron chi connectivity index (χ3n) is 6.21. The van der Waals surface area contributed by atoms with E-state index in [0.717, 1.165) is 0 Å². The number of nitrogens with two attached hydrogens (primary N) is 2. The first kappa shape index (κ1) is 25.5. The van der Waals surface area contributed by atoms with Gasteiger partial charge in [-0.25, -0.2) is 4.98 Å². The van der Waals surface area contributed by atoms with Crippen LogP contribution >= 0.6 is 0 Å². The molecule has 0 spiro atoms. The van der Waals surface area contributed by atoms with Gasteiger partial charge in [0.1, 0.15) is 35.8 Å². The maximum atomic E-state index is 13.4. The van der Waals surface area contributed by atoms with Gasteiger partial charge in [-0.3, -0.25) is 4.79 Å². The van der Waals surface area contributed by atoms with Crippen molar-refractivity contribution in [3.05, 3.63) is 47.3 Å². The van der Waals surface area contributed by atoms with Crippen molar-refractivity contribution < 1.29 is 8.98 Å². The lowest BCUT2D eigenvalue weighted by atomic mass is 9.93. The summed E-state index contributed by atoms with van der Waals surface area (Å²) in [5, 5.41) is 10.1. The molecule has 1 aromatic carbocycles. The molecule has 0 aliphatic rings. The Hall–Kier alpha value is -3.09. The highest BCUT2D eigenvalue weighted by Gasteiger charge is 2.37. The van der Waals surface area contributed by atoms with Crippen LogP contribution in [0.4, 0.5) is 11.6 Å². The quantitative estimate of drug-likeness (QED) is 0.295. The van der Waals surface area contributed by atoms with Crippen LogP contribution in [0.5, 0.6) is 0 Å². The zero-order valence-electron chi connectivity index (χ0n) is 20.8. The number of anilines is 2. The van der Waals surface area contributed by atoms with E-state index in [1.165, 1.54) is 6.07 Å². The molecular weight excluding hydrogens is 448 g/mol. The van der Waals surface area contributed by atoms with Gasteiger partial charge >= 0.3 is 0 Å². The molecule has 3 aromatic rings. The first-order valence-corrected chi connectivity index (χ1v) is 12.6. The third-order valence-corrected chi connectivity index (χ3v) is 8.40. The smallest absolute Gasteiger partial charge is 0.221 e. The van der Waals surface area contributed by atoms with E-state index < -0.39 is 5.54 Å². The van der Waals surface area contributed by atoms with E-state index in [9.17, 15) is 4.79 Å². The second-order valence-electron chi connectivity index (χ2n) is 10.2. The van der Waals surface area contributed by atoms with Crippen molar-refractivity contribution in [2.45, 2.75) is 52.3 Å². The van der Waals surface area contributed by atoms with E-state index in [0.29, 0.717) is 39.6 Å². The molecule has 0 bridgehead atoms. The van der Waals surface area contributed by atoms with E-state index in [1.54, 1.807) is 24.5 Å². The summed E-state index contributed by atoms with van der Waals surface area (Å²) in [6.45, 7) is 13.3. The first-order chi connectivity index (χ1) is 15.8. The standard InChI is InChI=1S/C25H33N6O2S/c1-15(24(2,3)4)34(7)33-14-25(5,6)31-13-19(18-12-29-23(28)30-22(18)31)21(32)16-8-9-17(11-26)20(27)10-16/h8-10,12-13,15H,14,27H2,1-7H3,(H2,28,29,30)/q+1/t15-,34?/m0/s1. The van der Waals surface area contributed by atoms with Crippen molar-refractivity contribution in [3.63, 3.8) is 0 Å². The van der Waals surface area contributed by atoms with Crippen molar-refractivity contribution in [2.24, 2.45) is 5.41 Å². The number of hydrogen-bond donors (Lipinski definition) is 2. The highest BCUT2D eigenvalue weighted by Crippen LogP contribution is 2.31. The molecule has 2 atom stereocenters. The first-order valence-electron chi connectivity index (χ1n) is 11.0. The number of carbonyl (C=O) groups is 1. The SMILES string of the molecule is C[C@H]([S+](C)OCC(C)(C)n1cc(C(=O)c2ccc(C#N)c(N)c2)c2cnc(N)nc21)C(C)(C)C. The molecule has 1 unspecified atom stereocenters. The van der Waals surface area contributed by atoms with Crippen LogP contribution in [0.2, 0.25) is 0 Å². The van der Waals surface area contributed by atoms with Crippen LogP contribution in [-0.2, 0) is 20.9 Å². The van der Waals surface area contributed by atoms with E-state index in [1.807, 2.05) is 24.5 Å². The summed E-state index contributed by atoms with van der Waals surface area (Å²) in [5.74, 6) is -0.108. The molecule has 3 rings (SSSR count). The van der Waals surface area contributed by atoms with Gasteiger partial charge in [-0.2, -0.15) is 14.4 Å². The third kappa shape index (κ3) is 5.03. The summed E-state index contributed by atoms with van der Waals surface area (Å²) in [5.41, 5.74) is 13.4. The molecule has 0 amide bonds. The lowest BCUT2D eigenvalue weighted by molar-refractivity contribution is 0.103. The summed E-state index contributed by atoms with van der Waals surface area (Å²) in [4.78, 5) is 22.0. The molecule has 0 aliphatic carbocycles. The number of carbonyl (C=O) groups excluding carboxylic acids is 1. The van der Waals surface area contributed by atoms with Crippen LogP contribution in [0.1, 0.15) is 63.0 Å². The van der Waals surface area contributed by atoms with Crippen molar-refractivity contribution in [1.29, 1.82) is 5.26 Å². The van der Waals surface area contributed by atoms with Gasteiger partial charge in [0.05, 0.1) is 22.4 Å². The predicted octanol–water partition coefficient (Wildman–Crippen LogP) is 4.05. The molecule has 180 valence electrons. The minimum atomic E-state index is -0.514. The van der Waals surface area contributed by atoms with Gasteiger partial charge < -0.3 is 16.0 Å². The van der Waals surface area contributed by atoms with Gasteiger partial charge in [0.25, 0.3) is 0 Å². The molecule has 0 aliphatic heterocycles. The molecule has 4 N–H and O–H groups in total. The fourth-order valence-electron chi connectivity index (χ4n) is 3.53. The van der Waals surface area contributed by atoms with E-state index in [-0.39, 0.29) is 34.0 Å². The average molecular weight is 482 g/mol. The summed E-state index contributed by atoms with van der Waals surface area (Å²) in [6.07, 6.45) is 5.46. The molecule has 8 nitrogen and oxygen atoms in total. The predicted molar refractivity (Wildman–Crippen MR) is 138 cm³/mol. The molecule has 0 fully saturated rings. The monoisotopic (exact) mass is 481 g/mol. The molecule has 0 saturated carbocycles. The largest absolute Gasteiger partial charge is 0.398 e. The number of hydrogen-bond acceptors (Lipinski definition) is 7. The molecule has 2 heterocycles. The molecule has 0 saturated heterocycles. The number of aromatic nitrogens is 3. The van der Waals surface area contributed by atoms with Gasteiger partial charge in [-0.05, 0) is 39.0 Å². The Morgan fingerprint density at radius 3 is 2.53 bits per heavy atom. The topological polar surface area (TPSA) is 133 Å². The normalized spacial score (nSPS) is 14.1. The van der Waals surface area contributed by atoms with Gasteiger partial charge in [-0.15, -0.1) is 0 Å². The molecule has 2 aromatic heterocycles. The second-order valence-corrected chi connectivity index (χ2v) is 12.1. The van der Waals surface area contributed by atoms with Gasteiger partial charge in [0.2, 0.25) is 5.95 Å². The number of ketones is 1. The van der Waals surface area contributed by atoms with Crippen LogP contribution in [-0.4, -0.2) is 38.4 Å². The summed E-state index contributed by atoms with van der Waals surface area (Å²) in [6, 6.07) is 6.68. The maximum Gasteiger partial charge on any atom is 0.221 e. The lowest BCUT2D eigenvalue weighted by Gasteiger charge is -2.28. The average Bonchev–Trinajstić information content (AvgIpc) is 3.15. The molecular formula is C25H33N6O2S+. The van der Waals surface area contributed by atoms with Crippen LogP contribution in [0.3, 0.4) is 0 Å². The van der Waals surface area contributed by atoms with Crippen molar-refractivity contribution in [3.8, 4) is 6.07 Å².